The van der Waals surface area contributed by atoms with E-state index < -0.39 is 30.1 Å². The molecule has 5 nitrogen and oxygen atoms in total. The Morgan fingerprint density at radius 1 is 1.17 bits per heavy atom. The molecule has 12 heavy (non-hydrogen) atoms. The first-order valence-corrected chi connectivity index (χ1v) is 3.71. The summed E-state index contributed by atoms with van der Waals surface area (Å²) in [7, 11) is 0. The van der Waals surface area contributed by atoms with E-state index in [9.17, 15) is 9.90 Å². The van der Waals surface area contributed by atoms with E-state index in [2.05, 4.69) is 0 Å². The summed E-state index contributed by atoms with van der Waals surface area (Å²) in [5.41, 5.74) is 4.88. The minimum absolute atomic E-state index is 0.706. The maximum Gasteiger partial charge on any atom is 0.222 e. The number of aliphatic hydroxyl groups is 3. The summed E-state index contributed by atoms with van der Waals surface area (Å²) in [6, 6.07) is 0. The van der Waals surface area contributed by atoms with Gasteiger partial charge in [-0.05, 0) is 6.92 Å². The normalized spacial score (nSPS) is 21.1. The molecule has 0 unspecified atom stereocenters. The Morgan fingerprint density at radius 2 is 1.58 bits per heavy atom. The van der Waals surface area contributed by atoms with Crippen molar-refractivity contribution in [3.05, 3.63) is 0 Å². The van der Waals surface area contributed by atoms with Crippen LogP contribution >= 0.6 is 0 Å². The lowest BCUT2D eigenvalue weighted by atomic mass is 9.96. The average molecular weight is 177 g/mol. The van der Waals surface area contributed by atoms with E-state index in [1.807, 2.05) is 0 Å². The van der Waals surface area contributed by atoms with Gasteiger partial charge in [0.2, 0.25) is 5.91 Å². The van der Waals surface area contributed by atoms with Crippen molar-refractivity contribution >= 4 is 5.91 Å². The molecule has 0 fully saturated rings. The standard InChI is InChI=1S/C7H15NO4/c1-3(7(8)12)5(10)6(11)4(2)9/h3-6,9-11H,1-2H3,(H2,8,12)/t3-,4-,5-,6+/m1/s1. The minimum atomic E-state index is -1.34. The molecule has 0 aromatic rings. The van der Waals surface area contributed by atoms with Gasteiger partial charge < -0.3 is 21.1 Å². The molecular formula is C7H15NO4. The fourth-order valence-electron chi connectivity index (χ4n) is 0.749. The van der Waals surface area contributed by atoms with Gasteiger partial charge in [-0.2, -0.15) is 0 Å². The van der Waals surface area contributed by atoms with Crippen LogP contribution in [0.15, 0.2) is 0 Å². The van der Waals surface area contributed by atoms with Crippen LogP contribution in [0.1, 0.15) is 13.8 Å². The maximum atomic E-state index is 10.5. The summed E-state index contributed by atoms with van der Waals surface area (Å²) in [4.78, 5) is 10.5. The van der Waals surface area contributed by atoms with Crippen LogP contribution in [0.5, 0.6) is 0 Å². The van der Waals surface area contributed by atoms with Crippen molar-refractivity contribution < 1.29 is 20.1 Å². The van der Waals surface area contributed by atoms with Crippen LogP contribution in [-0.4, -0.2) is 39.5 Å². The highest BCUT2D eigenvalue weighted by molar-refractivity contribution is 5.76. The fourth-order valence-corrected chi connectivity index (χ4v) is 0.749. The molecular weight excluding hydrogens is 162 g/mol. The third-order valence-electron chi connectivity index (χ3n) is 1.81. The maximum absolute atomic E-state index is 10.5. The van der Waals surface area contributed by atoms with E-state index in [0.717, 1.165) is 0 Å². The van der Waals surface area contributed by atoms with Gasteiger partial charge in [-0.15, -0.1) is 0 Å². The SMILES string of the molecule is C[C@@H](O)[C@H](O)[C@H](O)[C@@H](C)C(N)=O. The van der Waals surface area contributed by atoms with Gasteiger partial charge in [-0.1, -0.05) is 6.92 Å². The highest BCUT2D eigenvalue weighted by Gasteiger charge is 2.29. The zero-order valence-electron chi connectivity index (χ0n) is 7.14. The van der Waals surface area contributed by atoms with Gasteiger partial charge in [-0.25, -0.2) is 0 Å². The molecule has 4 atom stereocenters. The second-order valence-electron chi connectivity index (χ2n) is 2.91. The van der Waals surface area contributed by atoms with E-state index in [0.29, 0.717) is 0 Å². The monoisotopic (exact) mass is 177 g/mol. The van der Waals surface area contributed by atoms with Gasteiger partial charge in [0.1, 0.15) is 6.10 Å². The quantitative estimate of drug-likeness (QED) is 0.407. The molecule has 0 aliphatic heterocycles. The first kappa shape index (κ1) is 11.4. The largest absolute Gasteiger partial charge is 0.391 e. The molecule has 5 N–H and O–H groups in total. The van der Waals surface area contributed by atoms with Crippen LogP contribution in [0.4, 0.5) is 0 Å². The molecule has 0 bridgehead atoms. The van der Waals surface area contributed by atoms with Crippen LogP contribution in [0.25, 0.3) is 0 Å². The van der Waals surface area contributed by atoms with Crippen molar-refractivity contribution in [2.45, 2.75) is 32.2 Å². The van der Waals surface area contributed by atoms with Crippen LogP contribution in [-0.2, 0) is 4.79 Å². The summed E-state index contributed by atoms with van der Waals surface area (Å²) in [6.45, 7) is 2.71. The van der Waals surface area contributed by atoms with Crippen molar-refractivity contribution in [3.63, 3.8) is 0 Å². The van der Waals surface area contributed by atoms with Gasteiger partial charge in [0.15, 0.2) is 0 Å². The first-order valence-electron chi connectivity index (χ1n) is 3.71. The molecule has 0 aliphatic carbocycles. The van der Waals surface area contributed by atoms with Gasteiger partial charge in [0.25, 0.3) is 0 Å². The highest BCUT2D eigenvalue weighted by atomic mass is 16.4. The Balaban J connectivity index is 4.18. The fraction of sp³-hybridized carbons (Fsp3) is 0.857. The van der Waals surface area contributed by atoms with Crippen LogP contribution < -0.4 is 5.73 Å². The lowest BCUT2D eigenvalue weighted by Crippen LogP contribution is -2.44. The van der Waals surface area contributed by atoms with Gasteiger partial charge >= 0.3 is 0 Å². The summed E-state index contributed by atoms with van der Waals surface area (Å²) in [6.07, 6.45) is -3.74. The Hall–Kier alpha value is -0.650. The number of hydrogen-bond acceptors (Lipinski definition) is 4. The van der Waals surface area contributed by atoms with E-state index in [1.165, 1.54) is 13.8 Å². The number of hydrogen-bond donors (Lipinski definition) is 4. The third-order valence-corrected chi connectivity index (χ3v) is 1.81. The summed E-state index contributed by atoms with van der Waals surface area (Å²) >= 11 is 0. The van der Waals surface area contributed by atoms with Crippen molar-refractivity contribution in [1.29, 1.82) is 0 Å². The number of primary amides is 1. The Bertz CT molecular complexity index is 159. The van der Waals surface area contributed by atoms with E-state index in [1.54, 1.807) is 0 Å². The van der Waals surface area contributed by atoms with Crippen LogP contribution in [0.2, 0.25) is 0 Å². The van der Waals surface area contributed by atoms with Crippen molar-refractivity contribution in [1.82, 2.24) is 0 Å². The van der Waals surface area contributed by atoms with E-state index in [4.69, 9.17) is 15.9 Å². The molecule has 0 rings (SSSR count). The van der Waals surface area contributed by atoms with Gasteiger partial charge in [0.05, 0.1) is 18.1 Å². The van der Waals surface area contributed by atoms with Crippen molar-refractivity contribution in [2.75, 3.05) is 0 Å². The Morgan fingerprint density at radius 3 is 1.83 bits per heavy atom. The van der Waals surface area contributed by atoms with Crippen molar-refractivity contribution in [3.8, 4) is 0 Å². The smallest absolute Gasteiger partial charge is 0.222 e. The summed E-state index contributed by atoms with van der Waals surface area (Å²) in [5, 5.41) is 27.2. The van der Waals surface area contributed by atoms with Crippen LogP contribution in [0.3, 0.4) is 0 Å². The molecule has 0 aromatic carbocycles. The number of nitrogens with two attached hydrogens (primary N) is 1. The number of carbonyl (C=O) groups is 1. The van der Waals surface area contributed by atoms with E-state index >= 15 is 0 Å². The number of aliphatic hydroxyl groups excluding tert-OH is 3. The zero-order chi connectivity index (χ0) is 9.89. The zero-order valence-corrected chi connectivity index (χ0v) is 7.14. The molecule has 0 saturated carbocycles. The highest BCUT2D eigenvalue weighted by Crippen LogP contribution is 2.09. The lowest BCUT2D eigenvalue weighted by molar-refractivity contribution is -0.131. The molecule has 0 heterocycles. The molecule has 0 saturated heterocycles. The molecule has 0 aliphatic rings. The van der Waals surface area contributed by atoms with Crippen molar-refractivity contribution in [2.24, 2.45) is 11.7 Å². The third kappa shape index (κ3) is 2.77. The molecule has 0 spiro atoms. The molecule has 1 amide bonds. The van der Waals surface area contributed by atoms with Crippen LogP contribution in [0, 0.1) is 5.92 Å². The second kappa shape index (κ2) is 4.39. The minimum Gasteiger partial charge on any atom is -0.391 e. The summed E-state index contributed by atoms with van der Waals surface area (Å²) < 4.78 is 0. The van der Waals surface area contributed by atoms with Gasteiger partial charge in [0, 0.05) is 0 Å². The van der Waals surface area contributed by atoms with E-state index in [-0.39, 0.29) is 0 Å². The van der Waals surface area contributed by atoms with Gasteiger partial charge in [-0.3, -0.25) is 4.79 Å². The average Bonchev–Trinajstić information content (AvgIpc) is 2.00. The molecule has 5 heteroatoms. The predicted octanol–water partition coefficient (Wildman–Crippen LogP) is -1.79. The molecule has 0 radical (unpaired) electrons. The molecule has 0 aromatic heterocycles. The number of rotatable bonds is 4. The molecule has 72 valence electrons. The first-order chi connectivity index (χ1) is 5.37. The Labute approximate surface area is 70.8 Å². The summed E-state index contributed by atoms with van der Waals surface area (Å²) in [5.74, 6) is -1.57. The predicted molar refractivity (Wildman–Crippen MR) is 42.1 cm³/mol. The second-order valence-corrected chi connectivity index (χ2v) is 2.91. The topological polar surface area (TPSA) is 104 Å². The lowest BCUT2D eigenvalue weighted by Gasteiger charge is -2.23. The Kier molecular flexibility index (Phi) is 4.16. The number of carbonyl (C=O) groups excluding carboxylic acids is 1. The number of amides is 1.